The van der Waals surface area contributed by atoms with Gasteiger partial charge in [-0.2, -0.15) is 0 Å². The maximum Gasteiger partial charge on any atom is 0.312 e. The van der Waals surface area contributed by atoms with E-state index in [4.69, 9.17) is 9.16 Å². The molecule has 3 aromatic carbocycles. The van der Waals surface area contributed by atoms with Gasteiger partial charge in [0.25, 0.3) is 14.2 Å². The highest BCUT2D eigenvalue weighted by molar-refractivity contribution is 6.99. The van der Waals surface area contributed by atoms with Gasteiger partial charge < -0.3 is 14.1 Å². The Morgan fingerprint density at radius 2 is 1.37 bits per heavy atom. The molecule has 1 saturated carbocycles. The van der Waals surface area contributed by atoms with E-state index in [0.29, 0.717) is 12.0 Å². The Morgan fingerprint density at radius 3 is 1.88 bits per heavy atom. The molecular weight excluding hydrogens is 526 g/mol. The third-order valence-corrected chi connectivity index (χ3v) is 13.9. The van der Waals surface area contributed by atoms with Gasteiger partial charge in [0, 0.05) is 5.56 Å². The number of carbonyl (C=O) groups excluding carboxylic acids is 2. The lowest BCUT2D eigenvalue weighted by Gasteiger charge is -2.51. The van der Waals surface area contributed by atoms with Gasteiger partial charge in [0.15, 0.2) is 0 Å². The van der Waals surface area contributed by atoms with Crippen LogP contribution in [0.2, 0.25) is 5.04 Å². The van der Waals surface area contributed by atoms with Gasteiger partial charge in [0.05, 0.1) is 31.2 Å². The zero-order valence-corrected chi connectivity index (χ0v) is 25.7. The first kappa shape index (κ1) is 29.0. The third-order valence-electron chi connectivity index (χ3n) is 8.83. The van der Waals surface area contributed by atoms with Crippen LogP contribution in [0.5, 0.6) is 0 Å². The van der Waals surface area contributed by atoms with Crippen molar-refractivity contribution in [2.24, 2.45) is 5.92 Å². The van der Waals surface area contributed by atoms with Gasteiger partial charge in [0.1, 0.15) is 0 Å². The summed E-state index contributed by atoms with van der Waals surface area (Å²) < 4.78 is 12.8. The first-order valence-electron chi connectivity index (χ1n) is 14.6. The zero-order valence-electron chi connectivity index (χ0n) is 24.7. The molecule has 0 N–H and O–H groups in total. The van der Waals surface area contributed by atoms with Gasteiger partial charge in [-0.3, -0.25) is 9.59 Å². The van der Waals surface area contributed by atoms with Crippen molar-refractivity contribution < 1.29 is 18.8 Å². The molecule has 1 aliphatic heterocycles. The number of benzene rings is 3. The van der Waals surface area contributed by atoms with Crippen LogP contribution in [0.15, 0.2) is 103 Å². The van der Waals surface area contributed by atoms with Gasteiger partial charge >= 0.3 is 5.97 Å². The molecule has 0 saturated heterocycles. The fourth-order valence-corrected chi connectivity index (χ4v) is 11.5. The summed E-state index contributed by atoms with van der Waals surface area (Å²) in [7, 11) is -1.49. The minimum atomic E-state index is -2.93. The third kappa shape index (κ3) is 5.31. The van der Waals surface area contributed by atoms with E-state index in [0.717, 1.165) is 18.4 Å². The lowest BCUT2D eigenvalue weighted by atomic mass is 9.76. The largest absolute Gasteiger partial charge is 0.469 e. The van der Waals surface area contributed by atoms with Crippen LogP contribution in [0.25, 0.3) is 0 Å². The summed E-state index contributed by atoms with van der Waals surface area (Å²) >= 11 is 0. The van der Waals surface area contributed by atoms with Gasteiger partial charge in [0.2, 0.25) is 0 Å². The number of amides is 1. The van der Waals surface area contributed by atoms with Crippen LogP contribution in [-0.4, -0.2) is 50.4 Å². The van der Waals surface area contributed by atoms with E-state index >= 15 is 0 Å². The number of ether oxygens (including phenoxy) is 1. The molecule has 1 aliphatic carbocycles. The number of methoxy groups -OCH3 is 1. The van der Waals surface area contributed by atoms with Crippen LogP contribution < -0.4 is 10.4 Å². The van der Waals surface area contributed by atoms with Gasteiger partial charge in [-0.05, 0) is 59.3 Å². The molecule has 5 rings (SSSR count). The molecule has 41 heavy (non-hydrogen) atoms. The second-order valence-electron chi connectivity index (χ2n) is 12.3. The molecule has 0 bridgehead atoms. The highest BCUT2D eigenvalue weighted by Gasteiger charge is 2.54. The highest BCUT2D eigenvalue weighted by Crippen LogP contribution is 2.43. The number of rotatable bonds is 6. The smallest absolute Gasteiger partial charge is 0.312 e. The number of carbonyl (C=O) groups is 2. The Hall–Kier alpha value is -3.48. The SMILES string of the molecule is COC(=O)[C@H]1CCC[C@@H]2C1=C[C@H](O[Si](c1ccccc1)(c1ccccc1)C(C)(C)C)[C@H](C)N2C(=O)c1ccccc1. The molecule has 5 nitrogen and oxygen atoms in total. The average molecular weight is 568 g/mol. The van der Waals surface area contributed by atoms with Crippen molar-refractivity contribution in [2.75, 3.05) is 7.11 Å². The predicted molar refractivity (Wildman–Crippen MR) is 166 cm³/mol. The molecule has 6 heteroatoms. The molecule has 0 aromatic heterocycles. The van der Waals surface area contributed by atoms with E-state index in [1.54, 1.807) is 0 Å². The molecule has 0 spiro atoms. The van der Waals surface area contributed by atoms with Crippen LogP contribution >= 0.6 is 0 Å². The van der Waals surface area contributed by atoms with Crippen molar-refractivity contribution >= 4 is 30.6 Å². The van der Waals surface area contributed by atoms with E-state index in [-0.39, 0.29) is 34.9 Å². The van der Waals surface area contributed by atoms with Crippen molar-refractivity contribution in [3.05, 3.63) is 108 Å². The van der Waals surface area contributed by atoms with Crippen molar-refractivity contribution in [1.82, 2.24) is 4.90 Å². The molecule has 1 heterocycles. The van der Waals surface area contributed by atoms with Crippen molar-refractivity contribution in [3.8, 4) is 0 Å². The highest BCUT2D eigenvalue weighted by atomic mass is 28.4. The van der Waals surface area contributed by atoms with Crippen LogP contribution in [0.1, 0.15) is 57.3 Å². The predicted octanol–water partition coefficient (Wildman–Crippen LogP) is 5.74. The maximum atomic E-state index is 14.2. The molecular formula is C35H41NO4Si. The second-order valence-corrected chi connectivity index (χ2v) is 16.5. The van der Waals surface area contributed by atoms with Crippen LogP contribution in [0.4, 0.5) is 0 Å². The molecule has 1 fully saturated rings. The Bertz CT molecular complexity index is 1340. The Balaban J connectivity index is 1.69. The number of nitrogens with zero attached hydrogens (tertiary/aromatic N) is 1. The van der Waals surface area contributed by atoms with Crippen molar-refractivity contribution in [2.45, 2.75) is 70.2 Å². The fourth-order valence-electron chi connectivity index (χ4n) is 6.86. The second kappa shape index (κ2) is 11.8. The quantitative estimate of drug-likeness (QED) is 0.216. The van der Waals surface area contributed by atoms with Crippen LogP contribution in [0, 0.1) is 5.92 Å². The van der Waals surface area contributed by atoms with E-state index in [2.05, 4.69) is 82.3 Å². The molecule has 0 unspecified atom stereocenters. The van der Waals surface area contributed by atoms with Crippen LogP contribution in [-0.2, 0) is 14.0 Å². The summed E-state index contributed by atoms with van der Waals surface area (Å²) in [6, 6.07) is 30.1. The van der Waals surface area contributed by atoms with Crippen LogP contribution in [0.3, 0.4) is 0 Å². The Kier molecular flexibility index (Phi) is 8.34. The molecule has 4 atom stereocenters. The minimum Gasteiger partial charge on any atom is -0.469 e. The zero-order chi connectivity index (χ0) is 29.2. The first-order valence-corrected chi connectivity index (χ1v) is 16.6. The summed E-state index contributed by atoms with van der Waals surface area (Å²) in [5.41, 5.74) is 1.60. The monoisotopic (exact) mass is 567 g/mol. The Morgan fingerprint density at radius 1 is 0.829 bits per heavy atom. The minimum absolute atomic E-state index is 0.0322. The van der Waals surface area contributed by atoms with Gasteiger partial charge in [-0.1, -0.05) is 106 Å². The first-order chi connectivity index (χ1) is 19.7. The summed E-state index contributed by atoms with van der Waals surface area (Å²) in [5, 5.41) is 2.13. The molecule has 0 radical (unpaired) electrons. The summed E-state index contributed by atoms with van der Waals surface area (Å²) in [6.07, 6.45) is 4.14. The lowest BCUT2D eigenvalue weighted by Crippen LogP contribution is -2.69. The van der Waals surface area contributed by atoms with Crippen molar-refractivity contribution in [3.63, 3.8) is 0 Å². The summed E-state index contributed by atoms with van der Waals surface area (Å²) in [4.78, 5) is 29.2. The molecule has 214 valence electrons. The maximum absolute atomic E-state index is 14.2. The Labute approximate surface area is 245 Å². The average Bonchev–Trinajstić information content (AvgIpc) is 2.99. The van der Waals surface area contributed by atoms with E-state index in [1.807, 2.05) is 47.4 Å². The van der Waals surface area contributed by atoms with E-state index < -0.39 is 14.4 Å². The van der Waals surface area contributed by atoms with Gasteiger partial charge in [-0.25, -0.2) is 0 Å². The van der Waals surface area contributed by atoms with E-state index in [1.165, 1.54) is 17.5 Å². The number of hydrogen-bond acceptors (Lipinski definition) is 4. The topological polar surface area (TPSA) is 55.8 Å². The standard InChI is InChI=1S/C35H41NO4Si/c1-25-32(40-41(35(2,3)4,27-18-11-7-12-19-27)28-20-13-8-14-21-28)24-30-29(34(38)39-5)22-15-23-31(30)36(25)33(37)26-16-9-6-10-17-26/h6-14,16-21,24-25,29,31-32H,15,22-23H2,1-5H3/t25-,29-,31+,32-/m0/s1. The van der Waals surface area contributed by atoms with Gasteiger partial charge in [-0.15, -0.1) is 0 Å². The normalized spacial score (nSPS) is 22.9. The van der Waals surface area contributed by atoms with Crippen molar-refractivity contribution in [1.29, 1.82) is 0 Å². The lowest BCUT2D eigenvalue weighted by molar-refractivity contribution is -0.145. The number of fused-ring (bicyclic) bond motifs is 1. The number of hydrogen-bond donors (Lipinski definition) is 0. The van der Waals surface area contributed by atoms with E-state index in [9.17, 15) is 9.59 Å². The summed E-state index contributed by atoms with van der Waals surface area (Å²) in [6.45, 7) is 8.87. The molecule has 3 aromatic rings. The fraction of sp³-hybridized carbons (Fsp3) is 0.371. The molecule has 1 amide bonds. The summed E-state index contributed by atoms with van der Waals surface area (Å²) in [5.74, 6) is -0.662. The molecule has 2 aliphatic rings. The number of esters is 1.